The summed E-state index contributed by atoms with van der Waals surface area (Å²) in [7, 11) is 0. The van der Waals surface area contributed by atoms with Gasteiger partial charge in [-0.1, -0.05) is 30.7 Å². The summed E-state index contributed by atoms with van der Waals surface area (Å²) in [5.41, 5.74) is 4.28. The van der Waals surface area contributed by atoms with Crippen LogP contribution in [0, 0.1) is 13.8 Å². The maximum atomic E-state index is 3.54. The molecule has 1 aliphatic rings. The Kier molecular flexibility index (Phi) is 5.00. The number of likely N-dealkylation sites (N-methyl/N-ethyl adjacent to an activating group) is 1. The normalized spacial score (nSPS) is 21.6. The minimum absolute atomic E-state index is 0.509. The Morgan fingerprint density at radius 2 is 2.16 bits per heavy atom. The number of aryl methyl sites for hydroxylation is 2. The molecule has 1 N–H and O–H groups in total. The minimum atomic E-state index is 0.509. The van der Waals surface area contributed by atoms with Gasteiger partial charge >= 0.3 is 0 Å². The van der Waals surface area contributed by atoms with Crippen LogP contribution in [0.5, 0.6) is 0 Å². The number of nitrogens with zero attached hydrogens (tertiary/aromatic N) is 1. The lowest BCUT2D eigenvalue weighted by Crippen LogP contribution is -2.47. The highest BCUT2D eigenvalue weighted by Crippen LogP contribution is 2.27. The SMILES string of the molecule is CCN(C1CCCNC1)C(C)c1cc(C)ccc1C. The maximum Gasteiger partial charge on any atom is 0.0325 e. The van der Waals surface area contributed by atoms with E-state index in [1.54, 1.807) is 0 Å². The zero-order valence-corrected chi connectivity index (χ0v) is 12.9. The van der Waals surface area contributed by atoms with Crippen molar-refractivity contribution >= 4 is 0 Å². The molecule has 2 rings (SSSR count). The van der Waals surface area contributed by atoms with E-state index in [0.717, 1.165) is 13.1 Å². The summed E-state index contributed by atoms with van der Waals surface area (Å²) in [6.45, 7) is 12.5. The van der Waals surface area contributed by atoms with E-state index >= 15 is 0 Å². The summed E-state index contributed by atoms with van der Waals surface area (Å²) < 4.78 is 0. The van der Waals surface area contributed by atoms with Gasteiger partial charge in [0.1, 0.15) is 0 Å². The van der Waals surface area contributed by atoms with Gasteiger partial charge in [0, 0.05) is 18.6 Å². The average Bonchev–Trinajstić information content (AvgIpc) is 2.43. The van der Waals surface area contributed by atoms with Crippen molar-refractivity contribution in [2.75, 3.05) is 19.6 Å². The van der Waals surface area contributed by atoms with E-state index in [1.807, 2.05) is 0 Å². The molecule has 0 spiro atoms. The second kappa shape index (κ2) is 6.53. The maximum absolute atomic E-state index is 3.54. The van der Waals surface area contributed by atoms with Gasteiger partial charge in [0.2, 0.25) is 0 Å². The van der Waals surface area contributed by atoms with Crippen LogP contribution in [0.1, 0.15) is 49.4 Å². The Labute approximate surface area is 118 Å². The van der Waals surface area contributed by atoms with Crippen molar-refractivity contribution in [2.24, 2.45) is 0 Å². The smallest absolute Gasteiger partial charge is 0.0325 e. The molecule has 2 nitrogen and oxygen atoms in total. The Hall–Kier alpha value is -0.860. The van der Waals surface area contributed by atoms with E-state index in [1.165, 1.54) is 36.1 Å². The second-order valence-corrected chi connectivity index (χ2v) is 5.87. The second-order valence-electron chi connectivity index (χ2n) is 5.87. The fourth-order valence-electron chi connectivity index (χ4n) is 3.35. The first-order valence-corrected chi connectivity index (χ1v) is 7.67. The molecule has 0 saturated carbocycles. The van der Waals surface area contributed by atoms with Crippen LogP contribution in [0.25, 0.3) is 0 Å². The number of hydrogen-bond acceptors (Lipinski definition) is 2. The summed E-state index contributed by atoms with van der Waals surface area (Å²) in [6.07, 6.45) is 2.64. The van der Waals surface area contributed by atoms with Crippen LogP contribution in [0.15, 0.2) is 18.2 Å². The van der Waals surface area contributed by atoms with Crippen LogP contribution in [0.2, 0.25) is 0 Å². The highest BCUT2D eigenvalue weighted by molar-refractivity contribution is 5.32. The van der Waals surface area contributed by atoms with Gasteiger partial charge in [0.25, 0.3) is 0 Å². The third-order valence-electron chi connectivity index (χ3n) is 4.49. The van der Waals surface area contributed by atoms with E-state index in [2.05, 4.69) is 56.1 Å². The standard InChI is InChI=1S/C17H28N2/c1-5-19(16-7-6-10-18-12-16)15(4)17-11-13(2)8-9-14(17)3/h8-9,11,15-16,18H,5-7,10,12H2,1-4H3. The van der Waals surface area contributed by atoms with Gasteiger partial charge in [0.05, 0.1) is 0 Å². The highest BCUT2D eigenvalue weighted by Gasteiger charge is 2.25. The Balaban J connectivity index is 2.19. The topological polar surface area (TPSA) is 15.3 Å². The van der Waals surface area contributed by atoms with Crippen LogP contribution in [0.3, 0.4) is 0 Å². The van der Waals surface area contributed by atoms with E-state index in [0.29, 0.717) is 12.1 Å². The molecule has 19 heavy (non-hydrogen) atoms. The molecule has 1 aliphatic heterocycles. The number of piperidine rings is 1. The van der Waals surface area contributed by atoms with Crippen molar-refractivity contribution < 1.29 is 0 Å². The minimum Gasteiger partial charge on any atom is -0.315 e. The van der Waals surface area contributed by atoms with Crippen LogP contribution in [-0.2, 0) is 0 Å². The van der Waals surface area contributed by atoms with E-state index in [4.69, 9.17) is 0 Å². The first-order chi connectivity index (χ1) is 9.13. The Bertz CT molecular complexity index is 408. The van der Waals surface area contributed by atoms with E-state index in [-0.39, 0.29) is 0 Å². The van der Waals surface area contributed by atoms with Gasteiger partial charge in [-0.15, -0.1) is 0 Å². The summed E-state index contributed by atoms with van der Waals surface area (Å²) in [6, 6.07) is 8.03. The third kappa shape index (κ3) is 3.37. The summed E-state index contributed by atoms with van der Waals surface area (Å²) >= 11 is 0. The van der Waals surface area contributed by atoms with Gasteiger partial charge in [-0.05, 0) is 57.8 Å². The van der Waals surface area contributed by atoms with Crippen molar-refractivity contribution in [3.05, 3.63) is 34.9 Å². The van der Waals surface area contributed by atoms with Crippen LogP contribution in [0.4, 0.5) is 0 Å². The summed E-state index contributed by atoms with van der Waals surface area (Å²) in [5.74, 6) is 0. The quantitative estimate of drug-likeness (QED) is 0.892. The number of nitrogens with one attached hydrogen (secondary N) is 1. The van der Waals surface area contributed by atoms with Gasteiger partial charge in [-0.3, -0.25) is 4.90 Å². The molecule has 0 aliphatic carbocycles. The summed E-state index contributed by atoms with van der Waals surface area (Å²) in [5, 5.41) is 3.54. The van der Waals surface area contributed by atoms with Gasteiger partial charge in [0.15, 0.2) is 0 Å². The van der Waals surface area contributed by atoms with E-state index < -0.39 is 0 Å². The molecule has 2 atom stereocenters. The van der Waals surface area contributed by atoms with Crippen molar-refractivity contribution in [1.82, 2.24) is 10.2 Å². The molecule has 1 fully saturated rings. The van der Waals surface area contributed by atoms with Crippen LogP contribution < -0.4 is 5.32 Å². The third-order valence-corrected chi connectivity index (χ3v) is 4.49. The average molecular weight is 260 g/mol. The number of benzene rings is 1. The molecule has 1 saturated heterocycles. The fraction of sp³-hybridized carbons (Fsp3) is 0.647. The zero-order valence-electron chi connectivity index (χ0n) is 12.9. The molecule has 0 bridgehead atoms. The van der Waals surface area contributed by atoms with Crippen molar-refractivity contribution in [3.63, 3.8) is 0 Å². The first-order valence-electron chi connectivity index (χ1n) is 7.67. The predicted molar refractivity (Wildman–Crippen MR) is 82.6 cm³/mol. The molecular formula is C17H28N2. The lowest BCUT2D eigenvalue weighted by Gasteiger charge is -2.38. The lowest BCUT2D eigenvalue weighted by molar-refractivity contribution is 0.127. The molecule has 0 radical (unpaired) electrons. The summed E-state index contributed by atoms with van der Waals surface area (Å²) in [4.78, 5) is 2.66. The van der Waals surface area contributed by atoms with Crippen LogP contribution >= 0.6 is 0 Å². The van der Waals surface area contributed by atoms with Crippen molar-refractivity contribution in [3.8, 4) is 0 Å². The highest BCUT2D eigenvalue weighted by atomic mass is 15.2. The molecule has 1 heterocycles. The number of hydrogen-bond donors (Lipinski definition) is 1. The fourth-order valence-corrected chi connectivity index (χ4v) is 3.35. The largest absolute Gasteiger partial charge is 0.315 e. The van der Waals surface area contributed by atoms with Gasteiger partial charge < -0.3 is 5.32 Å². The Morgan fingerprint density at radius 1 is 1.37 bits per heavy atom. The zero-order chi connectivity index (χ0) is 13.8. The van der Waals surface area contributed by atoms with Crippen molar-refractivity contribution in [1.29, 1.82) is 0 Å². The molecule has 0 aromatic heterocycles. The van der Waals surface area contributed by atoms with E-state index in [9.17, 15) is 0 Å². The van der Waals surface area contributed by atoms with Gasteiger partial charge in [-0.25, -0.2) is 0 Å². The molecule has 2 heteroatoms. The molecule has 0 amide bonds. The molecule has 1 aromatic rings. The number of rotatable bonds is 4. The lowest BCUT2D eigenvalue weighted by atomic mass is 9.96. The molecule has 1 aromatic carbocycles. The monoisotopic (exact) mass is 260 g/mol. The molecular weight excluding hydrogens is 232 g/mol. The van der Waals surface area contributed by atoms with Crippen molar-refractivity contribution in [2.45, 2.75) is 52.6 Å². The Morgan fingerprint density at radius 3 is 2.79 bits per heavy atom. The van der Waals surface area contributed by atoms with Gasteiger partial charge in [-0.2, -0.15) is 0 Å². The molecule has 106 valence electrons. The predicted octanol–water partition coefficient (Wildman–Crippen LogP) is 3.44. The van der Waals surface area contributed by atoms with Crippen LogP contribution in [-0.4, -0.2) is 30.6 Å². The molecule has 2 unspecified atom stereocenters. The first kappa shape index (κ1) is 14.5.